The average Bonchev–Trinajstić information content (AvgIpc) is 3.06. The third-order valence-corrected chi connectivity index (χ3v) is 6.20. The molecule has 0 saturated heterocycles. The predicted octanol–water partition coefficient (Wildman–Crippen LogP) is 6.01. The Morgan fingerprint density at radius 1 is 1.14 bits per heavy atom. The van der Waals surface area contributed by atoms with Gasteiger partial charge in [-0.1, -0.05) is 46.3 Å². The molecule has 0 spiro atoms. The number of esters is 1. The molecule has 3 aromatic rings. The van der Waals surface area contributed by atoms with E-state index in [1.807, 2.05) is 49.4 Å². The van der Waals surface area contributed by atoms with Crippen LogP contribution in [-0.2, 0) is 11.2 Å². The maximum atomic E-state index is 12.2. The molecule has 0 bridgehead atoms. The molecule has 0 saturated carbocycles. The SMILES string of the molecule is COC(=O)c1cc(Cc2ccccc2)sc1NC(=S)Nc1ccc(Br)c(C)c1. The Labute approximate surface area is 182 Å². The van der Waals surface area contributed by atoms with Crippen LogP contribution in [0.25, 0.3) is 0 Å². The number of rotatable bonds is 5. The summed E-state index contributed by atoms with van der Waals surface area (Å²) in [5, 5.41) is 7.38. The fourth-order valence-corrected chi connectivity index (χ4v) is 4.28. The minimum atomic E-state index is -0.389. The Morgan fingerprint density at radius 3 is 2.57 bits per heavy atom. The number of hydrogen-bond acceptors (Lipinski definition) is 4. The molecule has 0 aliphatic heterocycles. The summed E-state index contributed by atoms with van der Waals surface area (Å²) in [6.07, 6.45) is 0.739. The van der Waals surface area contributed by atoms with E-state index < -0.39 is 0 Å². The van der Waals surface area contributed by atoms with E-state index in [4.69, 9.17) is 17.0 Å². The summed E-state index contributed by atoms with van der Waals surface area (Å²) >= 11 is 10.4. The number of carbonyl (C=O) groups is 1. The van der Waals surface area contributed by atoms with Crippen molar-refractivity contribution in [3.05, 3.63) is 80.6 Å². The van der Waals surface area contributed by atoms with E-state index in [1.165, 1.54) is 24.0 Å². The number of anilines is 2. The normalized spacial score (nSPS) is 10.4. The van der Waals surface area contributed by atoms with Crippen molar-refractivity contribution in [3.8, 4) is 0 Å². The molecule has 0 atom stereocenters. The maximum Gasteiger partial charge on any atom is 0.340 e. The molecule has 0 aliphatic rings. The molecule has 4 nitrogen and oxygen atoms in total. The molecule has 0 unspecified atom stereocenters. The van der Waals surface area contributed by atoms with Gasteiger partial charge in [0.1, 0.15) is 5.00 Å². The van der Waals surface area contributed by atoms with Gasteiger partial charge in [0.15, 0.2) is 5.11 Å². The van der Waals surface area contributed by atoms with Crippen LogP contribution in [-0.4, -0.2) is 18.2 Å². The third-order valence-electron chi connectivity index (χ3n) is 4.05. The third kappa shape index (κ3) is 5.19. The van der Waals surface area contributed by atoms with E-state index in [9.17, 15) is 4.79 Å². The number of aryl methyl sites for hydroxylation is 1. The first-order valence-electron chi connectivity index (χ1n) is 8.55. The zero-order valence-electron chi connectivity index (χ0n) is 15.4. The lowest BCUT2D eigenvalue weighted by atomic mass is 10.1. The molecule has 0 fully saturated rings. The number of thiocarbonyl (C=S) groups is 1. The highest BCUT2D eigenvalue weighted by Gasteiger charge is 2.18. The minimum Gasteiger partial charge on any atom is -0.465 e. The van der Waals surface area contributed by atoms with Gasteiger partial charge in [-0.15, -0.1) is 11.3 Å². The summed E-state index contributed by atoms with van der Waals surface area (Å²) < 4.78 is 5.96. The Morgan fingerprint density at radius 2 is 1.89 bits per heavy atom. The van der Waals surface area contributed by atoms with Gasteiger partial charge in [0.2, 0.25) is 0 Å². The van der Waals surface area contributed by atoms with E-state index in [1.54, 1.807) is 0 Å². The standard InChI is InChI=1S/C21H19BrN2O2S2/c1-13-10-15(8-9-18(13)22)23-21(27)24-19-17(20(25)26-2)12-16(28-19)11-14-6-4-3-5-7-14/h3-10,12H,11H2,1-2H3,(H2,23,24,27). The Bertz CT molecular complexity index is 1000. The Kier molecular flexibility index (Phi) is 6.83. The second-order valence-electron chi connectivity index (χ2n) is 6.15. The smallest absolute Gasteiger partial charge is 0.340 e. The van der Waals surface area contributed by atoms with Crippen LogP contribution in [0.4, 0.5) is 10.7 Å². The van der Waals surface area contributed by atoms with Crippen molar-refractivity contribution in [2.45, 2.75) is 13.3 Å². The van der Waals surface area contributed by atoms with Crippen LogP contribution in [0.1, 0.15) is 26.4 Å². The molecule has 3 rings (SSSR count). The first kappa shape index (κ1) is 20.5. The first-order valence-corrected chi connectivity index (χ1v) is 10.6. The molecule has 2 aromatic carbocycles. The summed E-state index contributed by atoms with van der Waals surface area (Å²) in [4.78, 5) is 13.2. The lowest BCUT2D eigenvalue weighted by molar-refractivity contribution is 0.0602. The van der Waals surface area contributed by atoms with Gasteiger partial charge in [-0.3, -0.25) is 0 Å². The van der Waals surface area contributed by atoms with Crippen LogP contribution in [0, 0.1) is 6.92 Å². The monoisotopic (exact) mass is 474 g/mol. The lowest BCUT2D eigenvalue weighted by Crippen LogP contribution is -2.20. The number of carbonyl (C=O) groups excluding carboxylic acids is 1. The van der Waals surface area contributed by atoms with Gasteiger partial charge < -0.3 is 15.4 Å². The van der Waals surface area contributed by atoms with Crippen molar-refractivity contribution in [2.75, 3.05) is 17.7 Å². The van der Waals surface area contributed by atoms with Crippen molar-refractivity contribution < 1.29 is 9.53 Å². The van der Waals surface area contributed by atoms with Crippen LogP contribution in [0.2, 0.25) is 0 Å². The number of hydrogen-bond donors (Lipinski definition) is 2. The first-order chi connectivity index (χ1) is 13.5. The Hall–Kier alpha value is -2.22. The summed E-state index contributed by atoms with van der Waals surface area (Å²) in [5.74, 6) is -0.389. The van der Waals surface area contributed by atoms with Crippen molar-refractivity contribution in [1.29, 1.82) is 0 Å². The van der Waals surface area contributed by atoms with Crippen molar-refractivity contribution in [3.63, 3.8) is 0 Å². The number of thiophene rings is 1. The molecule has 7 heteroatoms. The van der Waals surface area contributed by atoms with E-state index in [0.717, 1.165) is 27.0 Å². The molecule has 28 heavy (non-hydrogen) atoms. The zero-order valence-corrected chi connectivity index (χ0v) is 18.6. The van der Waals surface area contributed by atoms with E-state index in [-0.39, 0.29) is 5.97 Å². The summed E-state index contributed by atoms with van der Waals surface area (Å²) in [5.41, 5.74) is 3.63. The Balaban J connectivity index is 1.78. The fourth-order valence-electron chi connectivity index (χ4n) is 2.67. The molecular weight excluding hydrogens is 456 g/mol. The second kappa shape index (κ2) is 9.32. The lowest BCUT2D eigenvalue weighted by Gasteiger charge is -2.11. The summed E-state index contributed by atoms with van der Waals surface area (Å²) in [7, 11) is 1.38. The largest absolute Gasteiger partial charge is 0.465 e. The van der Waals surface area contributed by atoms with E-state index in [0.29, 0.717) is 15.7 Å². The van der Waals surface area contributed by atoms with Gasteiger partial charge in [0.25, 0.3) is 0 Å². The van der Waals surface area contributed by atoms with Gasteiger partial charge >= 0.3 is 5.97 Å². The van der Waals surface area contributed by atoms with Gasteiger partial charge in [-0.2, -0.15) is 0 Å². The summed E-state index contributed by atoms with van der Waals surface area (Å²) in [6.45, 7) is 2.01. The molecular formula is C21H19BrN2O2S2. The molecule has 2 N–H and O–H groups in total. The zero-order chi connectivity index (χ0) is 20.1. The number of halogens is 1. The molecule has 0 amide bonds. The van der Waals surface area contributed by atoms with Gasteiger partial charge in [-0.25, -0.2) is 4.79 Å². The summed E-state index contributed by atoms with van der Waals surface area (Å²) in [6, 6.07) is 17.9. The maximum absolute atomic E-state index is 12.2. The van der Waals surface area contributed by atoms with Crippen molar-refractivity contribution >= 4 is 61.3 Å². The fraction of sp³-hybridized carbons (Fsp3) is 0.143. The van der Waals surface area contributed by atoms with Crippen LogP contribution in [0.5, 0.6) is 0 Å². The minimum absolute atomic E-state index is 0.389. The van der Waals surface area contributed by atoms with Crippen molar-refractivity contribution in [2.24, 2.45) is 0 Å². The quantitative estimate of drug-likeness (QED) is 0.350. The number of methoxy groups -OCH3 is 1. The molecule has 0 radical (unpaired) electrons. The van der Waals surface area contributed by atoms with E-state index in [2.05, 4.69) is 38.7 Å². The van der Waals surface area contributed by atoms with Crippen LogP contribution in [0.3, 0.4) is 0 Å². The van der Waals surface area contributed by atoms with Gasteiger partial charge in [0.05, 0.1) is 12.7 Å². The molecule has 144 valence electrons. The number of nitrogens with one attached hydrogen (secondary N) is 2. The highest BCUT2D eigenvalue weighted by molar-refractivity contribution is 9.10. The van der Waals surface area contributed by atoms with Crippen molar-refractivity contribution in [1.82, 2.24) is 0 Å². The van der Waals surface area contributed by atoms with Gasteiger partial charge in [-0.05, 0) is 54.5 Å². The van der Waals surface area contributed by atoms with Crippen LogP contribution >= 0.6 is 39.5 Å². The number of ether oxygens (including phenoxy) is 1. The average molecular weight is 475 g/mol. The predicted molar refractivity (Wildman–Crippen MR) is 124 cm³/mol. The topological polar surface area (TPSA) is 50.4 Å². The molecule has 1 aromatic heterocycles. The molecule has 0 aliphatic carbocycles. The number of benzene rings is 2. The van der Waals surface area contributed by atoms with Crippen LogP contribution in [0.15, 0.2) is 59.1 Å². The molecule has 1 heterocycles. The van der Waals surface area contributed by atoms with E-state index >= 15 is 0 Å². The highest BCUT2D eigenvalue weighted by Crippen LogP contribution is 2.31. The second-order valence-corrected chi connectivity index (χ2v) is 8.55. The van der Waals surface area contributed by atoms with Gasteiger partial charge in [0, 0.05) is 21.5 Å². The highest BCUT2D eigenvalue weighted by atomic mass is 79.9. The van der Waals surface area contributed by atoms with Crippen LogP contribution < -0.4 is 10.6 Å².